The van der Waals surface area contributed by atoms with Crippen molar-refractivity contribution in [3.8, 4) is 0 Å². The molecule has 0 saturated carbocycles. The Kier molecular flexibility index (Phi) is 2.81. The number of benzene rings is 1. The van der Waals surface area contributed by atoms with Gasteiger partial charge < -0.3 is 5.11 Å². The Morgan fingerprint density at radius 2 is 1.95 bits per heavy atom. The summed E-state index contributed by atoms with van der Waals surface area (Å²) in [6.45, 7) is 0. The van der Waals surface area contributed by atoms with Gasteiger partial charge in [-0.05, 0) is 5.56 Å². The average molecular weight is 274 g/mol. The lowest BCUT2D eigenvalue weighted by Gasteiger charge is -2.11. The molecule has 0 spiro atoms. The van der Waals surface area contributed by atoms with Gasteiger partial charge in [0.1, 0.15) is 10.9 Å². The van der Waals surface area contributed by atoms with Crippen molar-refractivity contribution in [3.63, 3.8) is 0 Å². The number of aliphatic hydroxyl groups excluding tert-OH is 1. The predicted molar refractivity (Wildman–Crippen MR) is 72.7 cm³/mol. The summed E-state index contributed by atoms with van der Waals surface area (Å²) < 4.78 is 1.33. The zero-order valence-corrected chi connectivity index (χ0v) is 10.6. The number of nitrogens with zero attached hydrogens (tertiary/aromatic N) is 1. The Morgan fingerprint density at radius 3 is 2.68 bits per heavy atom. The smallest absolute Gasteiger partial charge is 0.333 e. The van der Waals surface area contributed by atoms with Gasteiger partial charge in [0.05, 0.1) is 5.56 Å². The van der Waals surface area contributed by atoms with Crippen molar-refractivity contribution in [2.45, 2.75) is 6.10 Å². The van der Waals surface area contributed by atoms with E-state index in [2.05, 4.69) is 4.98 Å². The van der Waals surface area contributed by atoms with E-state index in [4.69, 9.17) is 0 Å². The largest absolute Gasteiger partial charge is 0.383 e. The van der Waals surface area contributed by atoms with Gasteiger partial charge in [-0.25, -0.2) is 4.79 Å². The molecule has 0 fully saturated rings. The highest BCUT2D eigenvalue weighted by Gasteiger charge is 2.19. The molecule has 0 amide bonds. The van der Waals surface area contributed by atoms with Crippen LogP contribution >= 0.6 is 11.3 Å². The first-order chi connectivity index (χ1) is 9.18. The van der Waals surface area contributed by atoms with Crippen LogP contribution in [0.4, 0.5) is 0 Å². The van der Waals surface area contributed by atoms with E-state index in [0.29, 0.717) is 10.4 Å². The van der Waals surface area contributed by atoms with Gasteiger partial charge in [0.2, 0.25) is 0 Å². The van der Waals surface area contributed by atoms with Crippen molar-refractivity contribution in [2.75, 3.05) is 0 Å². The summed E-state index contributed by atoms with van der Waals surface area (Å²) in [7, 11) is 0. The third-order valence-electron chi connectivity index (χ3n) is 2.91. The average Bonchev–Trinajstić information content (AvgIpc) is 2.89. The summed E-state index contributed by atoms with van der Waals surface area (Å²) >= 11 is 1.25. The molecule has 1 atom stereocenters. The molecule has 0 aliphatic heterocycles. The van der Waals surface area contributed by atoms with Crippen molar-refractivity contribution in [2.24, 2.45) is 0 Å². The Balaban J connectivity index is 2.29. The predicted octanol–water partition coefficient (Wildman–Crippen LogP) is 1.13. The number of H-pyrrole nitrogens is 1. The second kappa shape index (κ2) is 4.49. The monoisotopic (exact) mass is 274 g/mol. The first-order valence-electron chi connectivity index (χ1n) is 5.63. The van der Waals surface area contributed by atoms with Crippen LogP contribution in [0.3, 0.4) is 0 Å². The fraction of sp³-hybridized carbons (Fsp3) is 0.0769. The first kappa shape index (κ1) is 11.9. The number of aromatic nitrogens is 2. The van der Waals surface area contributed by atoms with Crippen molar-refractivity contribution in [3.05, 3.63) is 73.9 Å². The number of hydrogen-bond donors (Lipinski definition) is 2. The molecule has 3 rings (SSSR count). The van der Waals surface area contributed by atoms with Gasteiger partial charge in [-0.3, -0.25) is 14.2 Å². The minimum absolute atomic E-state index is 0.195. The third kappa shape index (κ3) is 1.91. The molecule has 2 heterocycles. The van der Waals surface area contributed by atoms with E-state index in [-0.39, 0.29) is 5.56 Å². The number of thiazole rings is 1. The molecule has 19 heavy (non-hydrogen) atoms. The number of rotatable bonds is 2. The molecule has 1 unspecified atom stereocenters. The van der Waals surface area contributed by atoms with Crippen molar-refractivity contribution in [1.29, 1.82) is 0 Å². The summed E-state index contributed by atoms with van der Waals surface area (Å²) in [4.78, 5) is 26.2. The van der Waals surface area contributed by atoms with Gasteiger partial charge in [-0.15, -0.1) is 11.3 Å². The van der Waals surface area contributed by atoms with E-state index in [9.17, 15) is 14.7 Å². The van der Waals surface area contributed by atoms with E-state index in [1.165, 1.54) is 15.7 Å². The highest BCUT2D eigenvalue weighted by Crippen LogP contribution is 2.24. The number of aliphatic hydroxyl groups is 1. The maximum absolute atomic E-state index is 11.9. The maximum Gasteiger partial charge on any atom is 0.333 e. The molecule has 2 N–H and O–H groups in total. The fourth-order valence-electron chi connectivity index (χ4n) is 2.00. The SMILES string of the molecule is O=c1[nH]c(=O)n2ccsc2c1C(O)c1ccccc1. The highest BCUT2D eigenvalue weighted by atomic mass is 32.1. The molecule has 0 bridgehead atoms. The van der Waals surface area contributed by atoms with Gasteiger partial charge in [0, 0.05) is 11.6 Å². The first-order valence-corrected chi connectivity index (χ1v) is 6.51. The highest BCUT2D eigenvalue weighted by molar-refractivity contribution is 7.15. The van der Waals surface area contributed by atoms with Gasteiger partial charge >= 0.3 is 5.69 Å². The summed E-state index contributed by atoms with van der Waals surface area (Å²) in [6.07, 6.45) is 0.513. The van der Waals surface area contributed by atoms with Crippen LogP contribution in [-0.4, -0.2) is 14.5 Å². The van der Waals surface area contributed by atoms with Gasteiger partial charge in [-0.2, -0.15) is 0 Å². The molecule has 0 radical (unpaired) electrons. The van der Waals surface area contributed by atoms with Crippen molar-refractivity contribution < 1.29 is 5.11 Å². The second-order valence-corrected chi connectivity index (χ2v) is 4.96. The summed E-state index contributed by atoms with van der Waals surface area (Å²) in [5.41, 5.74) is -0.239. The lowest BCUT2D eigenvalue weighted by Crippen LogP contribution is -2.29. The number of aromatic amines is 1. The number of hydrogen-bond acceptors (Lipinski definition) is 4. The molecule has 3 aromatic rings. The summed E-state index contributed by atoms with van der Waals surface area (Å²) in [5.74, 6) is 0. The van der Waals surface area contributed by atoms with Crippen LogP contribution in [0.2, 0.25) is 0 Å². The molecule has 6 heteroatoms. The number of nitrogens with one attached hydrogen (secondary N) is 1. The van der Waals surface area contributed by atoms with E-state index in [1.54, 1.807) is 35.8 Å². The fourth-order valence-corrected chi connectivity index (χ4v) is 2.90. The molecular formula is C13H10N2O3S. The van der Waals surface area contributed by atoms with Crippen LogP contribution in [0.1, 0.15) is 17.2 Å². The molecule has 0 saturated heterocycles. The summed E-state index contributed by atoms with van der Waals surface area (Å²) in [6, 6.07) is 8.87. The Hall–Kier alpha value is -2.18. The molecular weight excluding hydrogens is 264 g/mol. The topological polar surface area (TPSA) is 74.6 Å². The zero-order chi connectivity index (χ0) is 13.4. The third-order valence-corrected chi connectivity index (χ3v) is 3.81. The molecule has 2 aromatic heterocycles. The van der Waals surface area contributed by atoms with Crippen molar-refractivity contribution >= 4 is 16.2 Å². The van der Waals surface area contributed by atoms with Crippen molar-refractivity contribution in [1.82, 2.24) is 9.38 Å². The maximum atomic E-state index is 11.9. The Labute approximate surface area is 111 Å². The van der Waals surface area contributed by atoms with Crippen LogP contribution in [0.15, 0.2) is 51.5 Å². The van der Waals surface area contributed by atoms with Crippen LogP contribution < -0.4 is 11.2 Å². The minimum atomic E-state index is -1.06. The van der Waals surface area contributed by atoms with Crippen LogP contribution in [0.5, 0.6) is 0 Å². The van der Waals surface area contributed by atoms with Crippen LogP contribution in [-0.2, 0) is 0 Å². The van der Waals surface area contributed by atoms with Gasteiger partial charge in [-0.1, -0.05) is 30.3 Å². The standard InChI is InChI=1S/C13H10N2O3S/c16-10(8-4-2-1-3-5-8)9-11(17)14-13(18)15-6-7-19-12(9)15/h1-7,10,16H,(H,14,17,18). The molecule has 0 aliphatic rings. The quantitative estimate of drug-likeness (QED) is 0.735. The molecule has 1 aromatic carbocycles. The van der Waals surface area contributed by atoms with Gasteiger partial charge in [0.25, 0.3) is 5.56 Å². The van der Waals surface area contributed by atoms with Gasteiger partial charge in [0.15, 0.2) is 0 Å². The van der Waals surface area contributed by atoms with E-state index in [1.807, 2.05) is 6.07 Å². The second-order valence-electron chi connectivity index (χ2n) is 4.06. The Morgan fingerprint density at radius 1 is 1.21 bits per heavy atom. The summed E-state index contributed by atoms with van der Waals surface area (Å²) in [5, 5.41) is 12.1. The molecule has 0 aliphatic carbocycles. The lowest BCUT2D eigenvalue weighted by molar-refractivity contribution is 0.220. The molecule has 5 nitrogen and oxygen atoms in total. The Bertz CT molecular complexity index is 832. The van der Waals surface area contributed by atoms with E-state index >= 15 is 0 Å². The molecule has 96 valence electrons. The number of fused-ring (bicyclic) bond motifs is 1. The zero-order valence-electron chi connectivity index (χ0n) is 9.74. The van der Waals surface area contributed by atoms with E-state index in [0.717, 1.165) is 0 Å². The van der Waals surface area contributed by atoms with Crippen LogP contribution in [0, 0.1) is 0 Å². The normalized spacial score (nSPS) is 12.7. The minimum Gasteiger partial charge on any atom is -0.383 e. The van der Waals surface area contributed by atoms with Crippen LogP contribution in [0.25, 0.3) is 4.83 Å². The lowest BCUT2D eigenvalue weighted by atomic mass is 10.0. The van der Waals surface area contributed by atoms with E-state index < -0.39 is 17.4 Å².